The Morgan fingerprint density at radius 3 is 2.67 bits per heavy atom. The molecule has 0 fully saturated rings. The van der Waals surface area contributed by atoms with Crippen molar-refractivity contribution in [1.82, 2.24) is 5.32 Å². The fourth-order valence-electron chi connectivity index (χ4n) is 0.971. The number of benzene rings is 1. The average Bonchev–Trinajstić information content (AvgIpc) is 2.17. The normalized spacial score (nSPS) is 11.9. The Bertz CT molecular complexity index is 392. The summed E-state index contributed by atoms with van der Waals surface area (Å²) in [6.45, 7) is 1.39. The fraction of sp³-hybridized carbons (Fsp3) is 0.200. The Morgan fingerprint density at radius 2 is 2.13 bits per heavy atom. The zero-order chi connectivity index (χ0) is 11.4. The van der Waals surface area contributed by atoms with Crippen molar-refractivity contribution in [3.05, 3.63) is 34.9 Å². The third kappa shape index (κ3) is 3.25. The predicted octanol–water partition coefficient (Wildman–Crippen LogP) is 1.54. The number of carboxylic acids is 1. The molecule has 80 valence electrons. The fourth-order valence-corrected chi connectivity index (χ4v) is 1.16. The van der Waals surface area contributed by atoms with Crippen molar-refractivity contribution in [2.75, 3.05) is 0 Å². The van der Waals surface area contributed by atoms with Gasteiger partial charge in [0.25, 0.3) is 5.91 Å². The molecule has 0 saturated carbocycles. The van der Waals surface area contributed by atoms with Gasteiger partial charge in [0.2, 0.25) is 0 Å². The molecule has 1 amide bonds. The highest BCUT2D eigenvalue weighted by Gasteiger charge is 2.14. The minimum Gasteiger partial charge on any atom is -0.480 e. The summed E-state index contributed by atoms with van der Waals surface area (Å²) in [4.78, 5) is 22.0. The van der Waals surface area contributed by atoms with Crippen LogP contribution in [0.25, 0.3) is 0 Å². The van der Waals surface area contributed by atoms with Crippen molar-refractivity contribution in [3.8, 4) is 0 Å². The molecule has 1 aromatic rings. The van der Waals surface area contributed by atoms with Gasteiger partial charge in [-0.25, -0.2) is 0 Å². The number of aliphatic carboxylic acids is 1. The van der Waals surface area contributed by atoms with Crippen LogP contribution in [0.4, 0.5) is 0 Å². The lowest BCUT2D eigenvalue weighted by Crippen LogP contribution is -2.38. The highest BCUT2D eigenvalue weighted by Crippen LogP contribution is 2.10. The van der Waals surface area contributed by atoms with E-state index in [9.17, 15) is 9.59 Å². The Balaban J connectivity index is 2.73. The maximum absolute atomic E-state index is 11.5. The summed E-state index contributed by atoms with van der Waals surface area (Å²) in [5.41, 5.74) is 0.343. The van der Waals surface area contributed by atoms with E-state index in [1.165, 1.54) is 13.0 Å². The maximum Gasteiger partial charge on any atom is 0.325 e. The van der Waals surface area contributed by atoms with Crippen LogP contribution in [0.15, 0.2) is 24.3 Å². The average molecular weight is 228 g/mol. The molecule has 0 spiro atoms. The number of carboxylic acid groups (broad SMARTS) is 1. The number of halogens is 1. The molecule has 15 heavy (non-hydrogen) atoms. The first-order valence-electron chi connectivity index (χ1n) is 4.30. The first-order valence-corrected chi connectivity index (χ1v) is 4.67. The van der Waals surface area contributed by atoms with Gasteiger partial charge in [-0.3, -0.25) is 9.59 Å². The molecule has 0 aliphatic rings. The van der Waals surface area contributed by atoms with Crippen molar-refractivity contribution in [3.63, 3.8) is 0 Å². The van der Waals surface area contributed by atoms with Crippen molar-refractivity contribution in [1.29, 1.82) is 0 Å². The van der Waals surface area contributed by atoms with Crippen molar-refractivity contribution in [2.45, 2.75) is 13.0 Å². The van der Waals surface area contributed by atoms with E-state index in [1.54, 1.807) is 18.2 Å². The number of hydrogen-bond acceptors (Lipinski definition) is 2. The Hall–Kier alpha value is -1.55. The van der Waals surface area contributed by atoms with Gasteiger partial charge in [0.05, 0.1) is 0 Å². The molecule has 0 aromatic heterocycles. The molecule has 0 saturated heterocycles. The molecular formula is C10H10ClNO3. The van der Waals surface area contributed by atoms with Crippen LogP contribution in [0.2, 0.25) is 5.02 Å². The molecule has 0 aliphatic carbocycles. The van der Waals surface area contributed by atoms with E-state index in [0.717, 1.165) is 0 Å². The second kappa shape index (κ2) is 4.79. The second-order valence-corrected chi connectivity index (χ2v) is 3.48. The van der Waals surface area contributed by atoms with Gasteiger partial charge in [-0.1, -0.05) is 17.7 Å². The zero-order valence-corrected chi connectivity index (χ0v) is 8.78. The largest absolute Gasteiger partial charge is 0.480 e. The molecule has 0 radical (unpaired) electrons. The first kappa shape index (κ1) is 11.5. The standard InChI is InChI=1S/C10H10ClNO3/c1-6(10(14)15)12-9(13)7-3-2-4-8(11)5-7/h2-6H,1H3,(H,12,13)(H,14,15)/t6-/m1/s1. The number of hydrogen-bond donors (Lipinski definition) is 2. The van der Waals surface area contributed by atoms with Gasteiger partial charge >= 0.3 is 5.97 Å². The summed E-state index contributed by atoms with van der Waals surface area (Å²) in [5, 5.41) is 11.4. The van der Waals surface area contributed by atoms with Crippen LogP contribution in [0.1, 0.15) is 17.3 Å². The van der Waals surface area contributed by atoms with Gasteiger partial charge in [-0.05, 0) is 25.1 Å². The van der Waals surface area contributed by atoms with Crippen molar-refractivity contribution >= 4 is 23.5 Å². The lowest BCUT2D eigenvalue weighted by atomic mass is 10.2. The van der Waals surface area contributed by atoms with E-state index in [-0.39, 0.29) is 0 Å². The van der Waals surface area contributed by atoms with Gasteiger partial charge < -0.3 is 10.4 Å². The predicted molar refractivity (Wildman–Crippen MR) is 56.0 cm³/mol. The zero-order valence-electron chi connectivity index (χ0n) is 8.03. The summed E-state index contributed by atoms with van der Waals surface area (Å²) in [7, 11) is 0. The van der Waals surface area contributed by atoms with Gasteiger partial charge in [0.15, 0.2) is 0 Å². The van der Waals surface area contributed by atoms with E-state index in [1.807, 2.05) is 0 Å². The van der Waals surface area contributed by atoms with Crippen LogP contribution in [0.3, 0.4) is 0 Å². The molecule has 0 unspecified atom stereocenters. The number of rotatable bonds is 3. The van der Waals surface area contributed by atoms with Crippen LogP contribution in [0.5, 0.6) is 0 Å². The number of nitrogens with one attached hydrogen (secondary N) is 1. The summed E-state index contributed by atoms with van der Waals surface area (Å²) >= 11 is 5.69. The van der Waals surface area contributed by atoms with Crippen LogP contribution >= 0.6 is 11.6 Å². The quantitative estimate of drug-likeness (QED) is 0.823. The number of amides is 1. The molecule has 5 heteroatoms. The minimum atomic E-state index is -1.08. The third-order valence-corrected chi connectivity index (χ3v) is 2.04. The maximum atomic E-state index is 11.5. The SMILES string of the molecule is C[C@@H](NC(=O)c1cccc(Cl)c1)C(=O)O. The molecule has 4 nitrogen and oxygen atoms in total. The molecule has 1 rings (SSSR count). The van der Waals surface area contributed by atoms with Crippen molar-refractivity contribution < 1.29 is 14.7 Å². The second-order valence-electron chi connectivity index (χ2n) is 3.04. The summed E-state index contributed by atoms with van der Waals surface area (Å²) < 4.78 is 0. The van der Waals surface area contributed by atoms with Crippen LogP contribution in [0, 0.1) is 0 Å². The molecule has 2 N–H and O–H groups in total. The molecule has 1 aromatic carbocycles. The molecular weight excluding hydrogens is 218 g/mol. The summed E-state index contributed by atoms with van der Waals surface area (Å²) in [5.74, 6) is -1.53. The van der Waals surface area contributed by atoms with E-state index in [2.05, 4.69) is 5.32 Å². The number of carbonyl (C=O) groups is 2. The first-order chi connectivity index (χ1) is 7.00. The summed E-state index contributed by atoms with van der Waals surface area (Å²) in [6, 6.07) is 5.39. The van der Waals surface area contributed by atoms with Gasteiger partial charge in [-0.2, -0.15) is 0 Å². The van der Waals surface area contributed by atoms with Crippen LogP contribution in [-0.4, -0.2) is 23.0 Å². The lowest BCUT2D eigenvalue weighted by Gasteiger charge is -2.08. The van der Waals surface area contributed by atoms with E-state index >= 15 is 0 Å². The van der Waals surface area contributed by atoms with E-state index in [4.69, 9.17) is 16.7 Å². The van der Waals surface area contributed by atoms with Crippen molar-refractivity contribution in [2.24, 2.45) is 0 Å². The number of carbonyl (C=O) groups excluding carboxylic acids is 1. The molecule has 0 aliphatic heterocycles. The van der Waals surface area contributed by atoms with Gasteiger partial charge in [-0.15, -0.1) is 0 Å². The smallest absolute Gasteiger partial charge is 0.325 e. The Labute approximate surface area is 91.9 Å². The highest BCUT2D eigenvalue weighted by atomic mass is 35.5. The van der Waals surface area contributed by atoms with Gasteiger partial charge in [0, 0.05) is 10.6 Å². The monoisotopic (exact) mass is 227 g/mol. The molecule has 0 bridgehead atoms. The lowest BCUT2D eigenvalue weighted by molar-refractivity contribution is -0.138. The topological polar surface area (TPSA) is 66.4 Å². The van der Waals surface area contributed by atoms with E-state index < -0.39 is 17.9 Å². The minimum absolute atomic E-state index is 0.343. The summed E-state index contributed by atoms with van der Waals surface area (Å²) in [6.07, 6.45) is 0. The van der Waals surface area contributed by atoms with Crippen LogP contribution < -0.4 is 5.32 Å². The van der Waals surface area contributed by atoms with E-state index in [0.29, 0.717) is 10.6 Å². The molecule has 0 heterocycles. The Kier molecular flexibility index (Phi) is 3.68. The molecule has 1 atom stereocenters. The van der Waals surface area contributed by atoms with Crippen LogP contribution in [-0.2, 0) is 4.79 Å². The Morgan fingerprint density at radius 1 is 1.47 bits per heavy atom. The van der Waals surface area contributed by atoms with Gasteiger partial charge in [0.1, 0.15) is 6.04 Å². The third-order valence-electron chi connectivity index (χ3n) is 1.80. The highest BCUT2D eigenvalue weighted by molar-refractivity contribution is 6.30.